The van der Waals surface area contributed by atoms with Crippen LogP contribution in [-0.4, -0.2) is 46.1 Å². The molecular formula is C7H14N2O2P2. The predicted octanol–water partition coefficient (Wildman–Crippen LogP) is 0.584. The molecule has 0 radical (unpaired) electrons. The molecule has 0 bridgehead atoms. The number of hydrogen-bond donors (Lipinski definition) is 1. The molecule has 0 aromatic rings. The van der Waals surface area contributed by atoms with Crippen molar-refractivity contribution in [2.45, 2.75) is 6.04 Å². The molecule has 1 saturated heterocycles. The molecule has 0 amide bonds. The second kappa shape index (κ2) is 5.02. The third-order valence-electron chi connectivity index (χ3n) is 1.98. The first-order valence-corrected chi connectivity index (χ1v) is 5.55. The second-order valence-electron chi connectivity index (χ2n) is 2.87. The van der Waals surface area contributed by atoms with E-state index >= 15 is 0 Å². The van der Waals surface area contributed by atoms with E-state index in [2.05, 4.69) is 20.6 Å². The molecule has 0 saturated carbocycles. The van der Waals surface area contributed by atoms with Gasteiger partial charge in [0.1, 0.15) is 6.04 Å². The van der Waals surface area contributed by atoms with E-state index in [4.69, 9.17) is 5.11 Å². The standard InChI is InChI=1S/C7H14N2O2P2/c1-2-13-8-3-4-9(12)6(5-8)7(10)11/h2,6,13H,1,3-5,12H2,(H,10,11). The van der Waals surface area contributed by atoms with Crippen LogP contribution in [-0.2, 0) is 4.79 Å². The third kappa shape index (κ3) is 2.99. The molecule has 6 heteroatoms. The second-order valence-corrected chi connectivity index (χ2v) is 4.83. The van der Waals surface area contributed by atoms with Gasteiger partial charge in [-0.25, -0.2) is 0 Å². The fourth-order valence-electron chi connectivity index (χ4n) is 1.26. The van der Waals surface area contributed by atoms with E-state index < -0.39 is 12.0 Å². The summed E-state index contributed by atoms with van der Waals surface area (Å²) in [5.74, 6) is 1.07. The lowest BCUT2D eigenvalue weighted by atomic mass is 10.2. The smallest absolute Gasteiger partial charge is 0.322 e. The van der Waals surface area contributed by atoms with Gasteiger partial charge in [-0.15, -0.1) is 0 Å². The Hall–Kier alpha value is -0.0100. The zero-order valence-electron chi connectivity index (χ0n) is 7.31. The lowest BCUT2D eigenvalue weighted by Crippen LogP contribution is -2.49. The van der Waals surface area contributed by atoms with Gasteiger partial charge in [-0.2, -0.15) is 0 Å². The third-order valence-corrected chi connectivity index (χ3v) is 3.55. The average molecular weight is 220 g/mol. The highest BCUT2D eigenvalue weighted by Crippen LogP contribution is 2.24. The zero-order valence-corrected chi connectivity index (χ0v) is 9.47. The quantitative estimate of drug-likeness (QED) is 0.707. The van der Waals surface area contributed by atoms with Crippen LogP contribution in [0, 0.1) is 0 Å². The Morgan fingerprint density at radius 2 is 2.38 bits per heavy atom. The molecular weight excluding hydrogens is 206 g/mol. The molecule has 1 rings (SSSR count). The Morgan fingerprint density at radius 3 is 2.92 bits per heavy atom. The van der Waals surface area contributed by atoms with Crippen molar-refractivity contribution in [3.05, 3.63) is 12.4 Å². The fraction of sp³-hybridized carbons (Fsp3) is 0.571. The molecule has 74 valence electrons. The lowest BCUT2D eigenvalue weighted by molar-refractivity contribution is -0.142. The summed E-state index contributed by atoms with van der Waals surface area (Å²) < 4.78 is 3.92. The topological polar surface area (TPSA) is 43.8 Å². The van der Waals surface area contributed by atoms with E-state index in [1.165, 1.54) is 0 Å². The molecule has 1 N–H and O–H groups in total. The zero-order chi connectivity index (χ0) is 9.84. The molecule has 3 unspecified atom stereocenters. The maximum atomic E-state index is 10.8. The molecule has 1 aliphatic rings. The minimum absolute atomic E-state index is 0.397. The highest BCUT2D eigenvalue weighted by Gasteiger charge is 2.29. The van der Waals surface area contributed by atoms with Gasteiger partial charge in [0.25, 0.3) is 0 Å². The Morgan fingerprint density at radius 1 is 1.69 bits per heavy atom. The van der Waals surface area contributed by atoms with Crippen molar-refractivity contribution < 1.29 is 9.90 Å². The van der Waals surface area contributed by atoms with Gasteiger partial charge in [0, 0.05) is 19.6 Å². The number of aliphatic carboxylic acids is 1. The summed E-state index contributed by atoms with van der Waals surface area (Å²) in [6.45, 7) is 5.93. The van der Waals surface area contributed by atoms with Crippen molar-refractivity contribution in [2.75, 3.05) is 19.6 Å². The summed E-state index contributed by atoms with van der Waals surface area (Å²) in [5.41, 5.74) is 0. The number of hydrogen-bond acceptors (Lipinski definition) is 3. The van der Waals surface area contributed by atoms with Crippen molar-refractivity contribution in [3.8, 4) is 0 Å². The highest BCUT2D eigenvalue weighted by atomic mass is 31.1. The molecule has 0 aliphatic carbocycles. The molecule has 4 nitrogen and oxygen atoms in total. The summed E-state index contributed by atoms with van der Waals surface area (Å²) in [6.07, 6.45) is 0. The first-order valence-electron chi connectivity index (χ1n) is 4.01. The molecule has 1 aliphatic heterocycles. The Bertz CT molecular complexity index is 213. The molecule has 13 heavy (non-hydrogen) atoms. The minimum atomic E-state index is -0.756. The van der Waals surface area contributed by atoms with Crippen molar-refractivity contribution in [1.82, 2.24) is 9.34 Å². The van der Waals surface area contributed by atoms with Gasteiger partial charge in [0.05, 0.1) is 0 Å². The van der Waals surface area contributed by atoms with Gasteiger partial charge in [0.15, 0.2) is 0 Å². The van der Waals surface area contributed by atoms with Gasteiger partial charge >= 0.3 is 5.97 Å². The highest BCUT2D eigenvalue weighted by molar-refractivity contribution is 7.38. The molecule has 0 spiro atoms. The molecule has 3 atom stereocenters. The van der Waals surface area contributed by atoms with Crippen molar-refractivity contribution in [1.29, 1.82) is 0 Å². The number of piperazine rings is 1. The van der Waals surface area contributed by atoms with Crippen molar-refractivity contribution in [3.63, 3.8) is 0 Å². The first kappa shape index (κ1) is 11.1. The van der Waals surface area contributed by atoms with Crippen LogP contribution in [0.15, 0.2) is 12.4 Å². The average Bonchev–Trinajstić information content (AvgIpc) is 2.08. The summed E-state index contributed by atoms with van der Waals surface area (Å²) in [6, 6.07) is -0.397. The van der Waals surface area contributed by atoms with Gasteiger partial charge in [-0.3, -0.25) is 14.1 Å². The maximum Gasteiger partial charge on any atom is 0.322 e. The summed E-state index contributed by atoms with van der Waals surface area (Å²) >= 11 is 0. The summed E-state index contributed by atoms with van der Waals surface area (Å²) in [7, 11) is 3.00. The van der Waals surface area contributed by atoms with Crippen LogP contribution < -0.4 is 0 Å². The van der Waals surface area contributed by atoms with E-state index in [9.17, 15) is 4.79 Å². The van der Waals surface area contributed by atoms with Crippen molar-refractivity contribution in [2.24, 2.45) is 0 Å². The molecule has 0 aromatic carbocycles. The summed E-state index contributed by atoms with van der Waals surface area (Å²) in [5, 5.41) is 8.89. The van der Waals surface area contributed by atoms with E-state index in [1.807, 2.05) is 5.82 Å². The number of rotatable bonds is 3. The van der Waals surface area contributed by atoms with E-state index in [0.717, 1.165) is 13.1 Å². The summed E-state index contributed by atoms with van der Waals surface area (Å²) in [4.78, 5) is 10.8. The van der Waals surface area contributed by atoms with Crippen LogP contribution >= 0.6 is 18.1 Å². The van der Waals surface area contributed by atoms with Crippen LogP contribution in [0.3, 0.4) is 0 Å². The van der Waals surface area contributed by atoms with Gasteiger partial charge in [-0.05, 0) is 8.73 Å². The van der Waals surface area contributed by atoms with Crippen LogP contribution in [0.1, 0.15) is 0 Å². The molecule has 1 heterocycles. The Balaban J connectivity index is 2.52. The largest absolute Gasteiger partial charge is 0.480 e. The Labute approximate surface area is 82.1 Å². The van der Waals surface area contributed by atoms with Crippen LogP contribution in [0.25, 0.3) is 0 Å². The van der Waals surface area contributed by atoms with Crippen LogP contribution in [0.4, 0.5) is 0 Å². The van der Waals surface area contributed by atoms with Crippen LogP contribution in [0.2, 0.25) is 0 Å². The first-order chi connectivity index (χ1) is 6.15. The SMILES string of the molecule is C=CPN1CCN(P)C(C(=O)O)C1. The molecule has 0 aromatic heterocycles. The monoisotopic (exact) mass is 220 g/mol. The predicted molar refractivity (Wildman–Crippen MR) is 57.9 cm³/mol. The minimum Gasteiger partial charge on any atom is -0.480 e. The molecule has 1 fully saturated rings. The van der Waals surface area contributed by atoms with Crippen molar-refractivity contribution >= 4 is 24.1 Å². The normalized spacial score (nSPS) is 26.7. The van der Waals surface area contributed by atoms with Gasteiger partial charge in [0.2, 0.25) is 0 Å². The van der Waals surface area contributed by atoms with E-state index in [-0.39, 0.29) is 0 Å². The van der Waals surface area contributed by atoms with E-state index in [1.54, 1.807) is 4.67 Å². The lowest BCUT2D eigenvalue weighted by Gasteiger charge is -2.36. The van der Waals surface area contributed by atoms with Gasteiger partial charge in [-0.1, -0.05) is 21.8 Å². The number of carbonyl (C=O) groups is 1. The number of carboxylic acids is 1. The van der Waals surface area contributed by atoms with Gasteiger partial charge < -0.3 is 5.11 Å². The fourth-order valence-corrected chi connectivity index (χ4v) is 2.37. The number of nitrogens with zero attached hydrogens (tertiary/aromatic N) is 2. The number of carboxylic acid groups (broad SMARTS) is 1. The Kier molecular flexibility index (Phi) is 4.27. The van der Waals surface area contributed by atoms with E-state index in [0.29, 0.717) is 15.3 Å². The van der Waals surface area contributed by atoms with Crippen LogP contribution in [0.5, 0.6) is 0 Å². The maximum absolute atomic E-state index is 10.8.